The van der Waals surface area contributed by atoms with E-state index < -0.39 is 6.10 Å². The fraction of sp³-hybridized carbons (Fsp3) is 0.263. The average Bonchev–Trinajstić information content (AvgIpc) is 2.87. The molecule has 0 bridgehead atoms. The minimum atomic E-state index is -0.852. The van der Waals surface area contributed by atoms with Crippen LogP contribution in [0.15, 0.2) is 48.5 Å². The summed E-state index contributed by atoms with van der Waals surface area (Å²) in [6.45, 7) is 0.257. The Bertz CT molecular complexity index is 753. The van der Waals surface area contributed by atoms with E-state index in [2.05, 4.69) is 0 Å². The number of fused-ring (bicyclic) bond motifs is 1. The lowest BCUT2D eigenvalue weighted by molar-refractivity contribution is 0.0552. The topological polar surface area (TPSA) is 70.1 Å². The van der Waals surface area contributed by atoms with Crippen molar-refractivity contribution in [2.45, 2.75) is 6.10 Å². The molecule has 0 aliphatic carbocycles. The Morgan fingerprint density at radius 2 is 1.60 bits per heavy atom. The fourth-order valence-corrected chi connectivity index (χ4v) is 2.93. The van der Waals surface area contributed by atoms with Gasteiger partial charge in [0.15, 0.2) is 0 Å². The van der Waals surface area contributed by atoms with Gasteiger partial charge in [0.1, 0.15) is 5.75 Å². The Kier molecular flexibility index (Phi) is 4.72. The minimum Gasteiger partial charge on any atom is -0.497 e. The van der Waals surface area contributed by atoms with E-state index in [1.165, 1.54) is 0 Å². The number of hydrogen-bond acceptors (Lipinski definition) is 5. The number of benzene rings is 2. The summed E-state index contributed by atoms with van der Waals surface area (Å²) in [5.41, 5.74) is 1.69. The summed E-state index contributed by atoms with van der Waals surface area (Å²) in [6, 6.07) is 14.1. The first kappa shape index (κ1) is 17.0. The van der Waals surface area contributed by atoms with E-state index in [1.54, 1.807) is 31.4 Å². The van der Waals surface area contributed by atoms with E-state index in [0.717, 1.165) is 16.3 Å². The van der Waals surface area contributed by atoms with E-state index in [4.69, 9.17) is 4.74 Å². The van der Waals surface area contributed by atoms with Gasteiger partial charge in [-0.2, -0.15) is 0 Å². The molecule has 1 unspecified atom stereocenters. The zero-order valence-corrected chi connectivity index (χ0v) is 14.2. The molecule has 0 aromatic heterocycles. The van der Waals surface area contributed by atoms with Gasteiger partial charge < -0.3 is 14.7 Å². The molecule has 0 saturated heterocycles. The SMILES string of the molecule is COc1ccc(N(C)CC(O)CN2C(=O)c3ccccc3C2=O)cc1. The number of aliphatic hydroxyl groups is 1. The summed E-state index contributed by atoms with van der Waals surface area (Å²) in [6.07, 6.45) is -0.852. The zero-order chi connectivity index (χ0) is 18.0. The molecule has 6 nitrogen and oxygen atoms in total. The van der Waals surface area contributed by atoms with Crippen LogP contribution in [0.1, 0.15) is 20.7 Å². The van der Waals surface area contributed by atoms with Gasteiger partial charge in [0.2, 0.25) is 0 Å². The molecule has 130 valence electrons. The Hall–Kier alpha value is -2.86. The van der Waals surface area contributed by atoms with Gasteiger partial charge in [0.25, 0.3) is 11.8 Å². The summed E-state index contributed by atoms with van der Waals surface area (Å²) in [7, 11) is 3.44. The number of likely N-dealkylation sites (N-methyl/N-ethyl adjacent to an activating group) is 1. The van der Waals surface area contributed by atoms with Crippen molar-refractivity contribution in [3.63, 3.8) is 0 Å². The van der Waals surface area contributed by atoms with Crippen LogP contribution in [0.25, 0.3) is 0 Å². The Balaban J connectivity index is 1.63. The molecule has 0 saturated carbocycles. The lowest BCUT2D eigenvalue weighted by atomic mass is 10.1. The Labute approximate surface area is 146 Å². The van der Waals surface area contributed by atoms with Crippen LogP contribution in [0.2, 0.25) is 0 Å². The highest BCUT2D eigenvalue weighted by molar-refractivity contribution is 6.21. The van der Waals surface area contributed by atoms with Crippen molar-refractivity contribution >= 4 is 17.5 Å². The molecule has 0 spiro atoms. The fourth-order valence-electron chi connectivity index (χ4n) is 2.93. The number of imide groups is 1. The van der Waals surface area contributed by atoms with Crippen LogP contribution >= 0.6 is 0 Å². The van der Waals surface area contributed by atoms with Gasteiger partial charge >= 0.3 is 0 Å². The lowest BCUT2D eigenvalue weighted by Gasteiger charge is -2.25. The molecule has 2 aromatic rings. The van der Waals surface area contributed by atoms with Gasteiger partial charge in [-0.1, -0.05) is 12.1 Å². The standard InChI is InChI=1S/C19H20N2O4/c1-20(13-7-9-15(25-2)10-8-13)11-14(22)12-21-18(23)16-5-3-4-6-17(16)19(21)24/h3-10,14,22H,11-12H2,1-2H3. The van der Waals surface area contributed by atoms with E-state index in [1.807, 2.05) is 36.2 Å². The molecule has 1 atom stereocenters. The zero-order valence-electron chi connectivity index (χ0n) is 14.2. The van der Waals surface area contributed by atoms with Crippen LogP contribution in [-0.2, 0) is 0 Å². The van der Waals surface area contributed by atoms with E-state index >= 15 is 0 Å². The van der Waals surface area contributed by atoms with Crippen LogP contribution in [0.4, 0.5) is 5.69 Å². The van der Waals surface area contributed by atoms with Crippen LogP contribution < -0.4 is 9.64 Å². The number of nitrogens with zero attached hydrogens (tertiary/aromatic N) is 2. The van der Waals surface area contributed by atoms with E-state index in [0.29, 0.717) is 17.7 Å². The normalized spacial score (nSPS) is 14.4. The number of amides is 2. The molecular formula is C19H20N2O4. The summed E-state index contributed by atoms with van der Waals surface area (Å²) in [4.78, 5) is 27.6. The predicted octanol–water partition coefficient (Wildman–Crippen LogP) is 1.79. The van der Waals surface area contributed by atoms with Crippen molar-refractivity contribution in [2.24, 2.45) is 0 Å². The van der Waals surface area contributed by atoms with Gasteiger partial charge in [-0.25, -0.2) is 0 Å². The van der Waals surface area contributed by atoms with Crippen LogP contribution in [0, 0.1) is 0 Å². The number of rotatable bonds is 6. The highest BCUT2D eigenvalue weighted by Gasteiger charge is 2.36. The average molecular weight is 340 g/mol. The summed E-state index contributed by atoms with van der Waals surface area (Å²) in [5.74, 6) is 0.0437. The van der Waals surface area contributed by atoms with Crippen LogP contribution in [0.5, 0.6) is 5.75 Å². The third kappa shape index (κ3) is 3.34. The first-order valence-corrected chi connectivity index (χ1v) is 7.99. The lowest BCUT2D eigenvalue weighted by Crippen LogP contribution is -2.41. The molecule has 3 rings (SSSR count). The first-order chi connectivity index (χ1) is 12.0. The number of carbonyl (C=O) groups is 2. The molecule has 0 radical (unpaired) electrons. The van der Waals surface area contributed by atoms with Crippen molar-refractivity contribution < 1.29 is 19.4 Å². The van der Waals surface area contributed by atoms with E-state index in [-0.39, 0.29) is 18.4 Å². The maximum Gasteiger partial charge on any atom is 0.261 e. The van der Waals surface area contributed by atoms with Crippen molar-refractivity contribution in [3.8, 4) is 5.75 Å². The number of anilines is 1. The maximum atomic E-state index is 12.3. The summed E-state index contributed by atoms with van der Waals surface area (Å²) >= 11 is 0. The molecular weight excluding hydrogens is 320 g/mol. The molecule has 1 N–H and O–H groups in total. The number of methoxy groups -OCH3 is 1. The largest absolute Gasteiger partial charge is 0.497 e. The van der Waals surface area contributed by atoms with Crippen molar-refractivity contribution in [1.82, 2.24) is 4.90 Å². The quantitative estimate of drug-likeness (QED) is 0.812. The van der Waals surface area contributed by atoms with Gasteiger partial charge in [-0.15, -0.1) is 0 Å². The van der Waals surface area contributed by atoms with Crippen LogP contribution in [-0.4, -0.2) is 55.2 Å². The molecule has 1 heterocycles. The number of carbonyl (C=O) groups excluding carboxylic acids is 2. The molecule has 2 amide bonds. The number of hydrogen-bond donors (Lipinski definition) is 1. The smallest absolute Gasteiger partial charge is 0.261 e. The second kappa shape index (κ2) is 6.94. The summed E-state index contributed by atoms with van der Waals surface area (Å²) in [5, 5.41) is 10.3. The predicted molar refractivity (Wildman–Crippen MR) is 94.1 cm³/mol. The van der Waals surface area contributed by atoms with Crippen molar-refractivity contribution in [1.29, 1.82) is 0 Å². The van der Waals surface area contributed by atoms with E-state index in [9.17, 15) is 14.7 Å². The molecule has 1 aliphatic rings. The first-order valence-electron chi connectivity index (χ1n) is 7.99. The molecule has 6 heteroatoms. The van der Waals surface area contributed by atoms with Crippen molar-refractivity contribution in [2.75, 3.05) is 32.1 Å². The second-order valence-corrected chi connectivity index (χ2v) is 6.00. The second-order valence-electron chi connectivity index (χ2n) is 6.00. The number of β-amino-alcohol motifs (C(OH)–C–C–N with tert-alkyl or cyclic N) is 1. The molecule has 25 heavy (non-hydrogen) atoms. The van der Waals surface area contributed by atoms with Crippen molar-refractivity contribution in [3.05, 3.63) is 59.7 Å². The highest BCUT2D eigenvalue weighted by Crippen LogP contribution is 2.23. The van der Waals surface area contributed by atoms with Gasteiger partial charge in [-0.05, 0) is 36.4 Å². The molecule has 0 fully saturated rings. The minimum absolute atomic E-state index is 0.0349. The summed E-state index contributed by atoms with van der Waals surface area (Å²) < 4.78 is 5.12. The Morgan fingerprint density at radius 3 is 2.12 bits per heavy atom. The third-order valence-electron chi connectivity index (χ3n) is 4.27. The number of aliphatic hydroxyl groups excluding tert-OH is 1. The highest BCUT2D eigenvalue weighted by atomic mass is 16.5. The molecule has 1 aliphatic heterocycles. The molecule has 2 aromatic carbocycles. The third-order valence-corrected chi connectivity index (χ3v) is 4.27. The monoisotopic (exact) mass is 340 g/mol. The van der Waals surface area contributed by atoms with Gasteiger partial charge in [0, 0.05) is 19.3 Å². The maximum absolute atomic E-state index is 12.3. The van der Waals surface area contributed by atoms with Gasteiger partial charge in [0.05, 0.1) is 30.9 Å². The van der Waals surface area contributed by atoms with Crippen LogP contribution in [0.3, 0.4) is 0 Å². The Morgan fingerprint density at radius 1 is 1.04 bits per heavy atom. The number of ether oxygens (including phenoxy) is 1. The van der Waals surface area contributed by atoms with Gasteiger partial charge in [-0.3, -0.25) is 14.5 Å².